The average molecular weight is 275 g/mol. The van der Waals surface area contributed by atoms with Crippen molar-refractivity contribution >= 4 is 5.91 Å². The van der Waals surface area contributed by atoms with Gasteiger partial charge in [-0.1, -0.05) is 19.3 Å². The van der Waals surface area contributed by atoms with Gasteiger partial charge in [0, 0.05) is 25.3 Å². The normalized spacial score (nSPS) is 26.9. The van der Waals surface area contributed by atoms with E-state index < -0.39 is 11.5 Å². The second-order valence-corrected chi connectivity index (χ2v) is 6.13. The van der Waals surface area contributed by atoms with Gasteiger partial charge in [-0.25, -0.2) is 8.78 Å². The lowest BCUT2D eigenvalue weighted by Crippen LogP contribution is -2.46. The SMILES string of the molecule is O=C(NCC1(O)CCCCC1)C1CCC(F)(F)CC1. The van der Waals surface area contributed by atoms with Crippen LogP contribution in [0.2, 0.25) is 0 Å². The number of amides is 1. The van der Waals surface area contributed by atoms with Gasteiger partial charge in [0.1, 0.15) is 0 Å². The van der Waals surface area contributed by atoms with E-state index in [0.29, 0.717) is 0 Å². The van der Waals surface area contributed by atoms with Gasteiger partial charge in [-0.15, -0.1) is 0 Å². The summed E-state index contributed by atoms with van der Waals surface area (Å²) >= 11 is 0. The zero-order valence-corrected chi connectivity index (χ0v) is 11.3. The zero-order valence-electron chi connectivity index (χ0n) is 11.3. The largest absolute Gasteiger partial charge is 0.388 e. The molecule has 2 fully saturated rings. The van der Waals surface area contributed by atoms with Crippen LogP contribution >= 0.6 is 0 Å². The van der Waals surface area contributed by atoms with E-state index in [1.165, 1.54) is 0 Å². The van der Waals surface area contributed by atoms with E-state index in [2.05, 4.69) is 5.32 Å². The van der Waals surface area contributed by atoms with E-state index >= 15 is 0 Å². The molecule has 0 spiro atoms. The Morgan fingerprint density at radius 2 is 1.68 bits per heavy atom. The molecule has 0 aliphatic heterocycles. The highest BCUT2D eigenvalue weighted by Gasteiger charge is 2.38. The van der Waals surface area contributed by atoms with Gasteiger partial charge in [0.15, 0.2) is 0 Å². The molecule has 0 aromatic carbocycles. The molecule has 0 heterocycles. The van der Waals surface area contributed by atoms with Crippen molar-refractivity contribution in [3.8, 4) is 0 Å². The number of alkyl halides is 2. The standard InChI is InChI=1S/C14H23F2NO2/c15-14(16)8-4-11(5-9-14)12(18)17-10-13(19)6-2-1-3-7-13/h11,19H,1-10H2,(H,17,18). The molecule has 3 nitrogen and oxygen atoms in total. The number of carbonyl (C=O) groups is 1. The van der Waals surface area contributed by atoms with Gasteiger partial charge >= 0.3 is 0 Å². The second-order valence-electron chi connectivity index (χ2n) is 6.13. The van der Waals surface area contributed by atoms with Gasteiger partial charge in [0.2, 0.25) is 11.8 Å². The zero-order chi connectivity index (χ0) is 13.9. The maximum Gasteiger partial charge on any atom is 0.248 e. The van der Waals surface area contributed by atoms with Gasteiger partial charge in [-0.2, -0.15) is 0 Å². The Morgan fingerprint density at radius 1 is 1.11 bits per heavy atom. The van der Waals surface area contributed by atoms with E-state index in [-0.39, 0.29) is 44.1 Å². The molecule has 0 unspecified atom stereocenters. The third-order valence-electron chi connectivity index (χ3n) is 4.46. The molecule has 110 valence electrons. The van der Waals surface area contributed by atoms with Crippen molar-refractivity contribution in [2.75, 3.05) is 6.54 Å². The molecule has 2 N–H and O–H groups in total. The van der Waals surface area contributed by atoms with Crippen LogP contribution in [0.5, 0.6) is 0 Å². The molecule has 0 saturated heterocycles. The van der Waals surface area contributed by atoms with Crippen LogP contribution in [-0.2, 0) is 4.79 Å². The van der Waals surface area contributed by atoms with Crippen LogP contribution in [0.1, 0.15) is 57.8 Å². The Kier molecular flexibility index (Phi) is 4.43. The van der Waals surface area contributed by atoms with Gasteiger partial charge in [0.05, 0.1) is 5.60 Å². The number of nitrogens with one attached hydrogen (secondary N) is 1. The number of halogens is 2. The summed E-state index contributed by atoms with van der Waals surface area (Å²) in [7, 11) is 0. The molecule has 0 bridgehead atoms. The maximum atomic E-state index is 13.0. The first-order valence-electron chi connectivity index (χ1n) is 7.28. The molecule has 1 amide bonds. The van der Waals surface area contributed by atoms with E-state index in [4.69, 9.17) is 0 Å². The molecule has 0 aromatic heterocycles. The lowest BCUT2D eigenvalue weighted by molar-refractivity contribution is -0.130. The highest BCUT2D eigenvalue weighted by atomic mass is 19.3. The number of hydrogen-bond donors (Lipinski definition) is 2. The second kappa shape index (κ2) is 5.73. The molecule has 2 rings (SSSR count). The molecule has 0 radical (unpaired) electrons. The van der Waals surface area contributed by atoms with Crippen molar-refractivity contribution in [3.05, 3.63) is 0 Å². The summed E-state index contributed by atoms with van der Waals surface area (Å²) in [6.07, 6.45) is 4.64. The summed E-state index contributed by atoms with van der Waals surface area (Å²) in [5, 5.41) is 13.0. The van der Waals surface area contributed by atoms with Crippen LogP contribution in [0, 0.1) is 5.92 Å². The Bertz CT molecular complexity index is 317. The molecule has 5 heteroatoms. The fraction of sp³-hybridized carbons (Fsp3) is 0.929. The van der Waals surface area contributed by atoms with Crippen LogP contribution in [0.25, 0.3) is 0 Å². The molecular weight excluding hydrogens is 252 g/mol. The van der Waals surface area contributed by atoms with E-state index in [0.717, 1.165) is 32.1 Å². The van der Waals surface area contributed by atoms with Crippen LogP contribution in [0.3, 0.4) is 0 Å². The highest BCUT2D eigenvalue weighted by Crippen LogP contribution is 2.36. The number of hydrogen-bond acceptors (Lipinski definition) is 2. The van der Waals surface area contributed by atoms with E-state index in [1.54, 1.807) is 0 Å². The Balaban J connectivity index is 1.75. The summed E-state index contributed by atoms with van der Waals surface area (Å²) < 4.78 is 26.0. The fourth-order valence-corrected chi connectivity index (χ4v) is 3.08. The van der Waals surface area contributed by atoms with Crippen molar-refractivity contribution in [3.63, 3.8) is 0 Å². The average Bonchev–Trinajstić information content (AvgIpc) is 2.37. The number of aliphatic hydroxyl groups is 1. The molecule has 2 aliphatic rings. The van der Waals surface area contributed by atoms with Gasteiger partial charge in [0.25, 0.3) is 0 Å². The number of carbonyl (C=O) groups excluding carboxylic acids is 1. The minimum atomic E-state index is -2.60. The molecule has 19 heavy (non-hydrogen) atoms. The van der Waals surface area contributed by atoms with Gasteiger partial charge in [-0.05, 0) is 25.7 Å². The van der Waals surface area contributed by atoms with Crippen LogP contribution in [0.4, 0.5) is 8.78 Å². The van der Waals surface area contributed by atoms with Crippen molar-refractivity contribution in [1.82, 2.24) is 5.32 Å². The third-order valence-corrected chi connectivity index (χ3v) is 4.46. The predicted molar refractivity (Wildman–Crippen MR) is 67.9 cm³/mol. The lowest BCUT2D eigenvalue weighted by atomic mass is 9.84. The molecule has 2 saturated carbocycles. The van der Waals surface area contributed by atoms with Gasteiger partial charge in [-0.3, -0.25) is 4.79 Å². The van der Waals surface area contributed by atoms with Crippen molar-refractivity contribution in [2.45, 2.75) is 69.3 Å². The first-order valence-corrected chi connectivity index (χ1v) is 7.28. The topological polar surface area (TPSA) is 49.3 Å². The molecule has 0 atom stereocenters. The first-order chi connectivity index (χ1) is 8.90. The first kappa shape index (κ1) is 14.7. The Morgan fingerprint density at radius 3 is 2.26 bits per heavy atom. The predicted octanol–water partition coefficient (Wildman–Crippen LogP) is 2.62. The molecular formula is C14H23F2NO2. The summed E-state index contributed by atoms with van der Waals surface area (Å²) in [5.41, 5.74) is -0.785. The third kappa shape index (κ3) is 4.13. The minimum Gasteiger partial charge on any atom is -0.388 e. The molecule has 2 aliphatic carbocycles. The van der Waals surface area contributed by atoms with Crippen molar-refractivity contribution in [1.29, 1.82) is 0 Å². The summed E-state index contributed by atoms with van der Waals surface area (Å²) in [6, 6.07) is 0. The van der Waals surface area contributed by atoms with E-state index in [9.17, 15) is 18.7 Å². The van der Waals surface area contributed by atoms with Crippen LogP contribution in [0.15, 0.2) is 0 Å². The summed E-state index contributed by atoms with van der Waals surface area (Å²) in [6.45, 7) is 0.263. The smallest absolute Gasteiger partial charge is 0.248 e. The lowest BCUT2D eigenvalue weighted by Gasteiger charge is -2.33. The van der Waals surface area contributed by atoms with Crippen molar-refractivity contribution < 1.29 is 18.7 Å². The quantitative estimate of drug-likeness (QED) is 0.832. The summed E-state index contributed by atoms with van der Waals surface area (Å²) in [4.78, 5) is 11.9. The summed E-state index contributed by atoms with van der Waals surface area (Å²) in [5.74, 6) is -3.08. The minimum absolute atomic E-state index is 0.172. The maximum absolute atomic E-state index is 13.0. The Hall–Kier alpha value is -0.710. The van der Waals surface area contributed by atoms with Crippen LogP contribution in [-0.4, -0.2) is 29.1 Å². The van der Waals surface area contributed by atoms with Crippen LogP contribution < -0.4 is 5.32 Å². The fourth-order valence-electron chi connectivity index (χ4n) is 3.08. The highest BCUT2D eigenvalue weighted by molar-refractivity contribution is 5.78. The number of rotatable bonds is 3. The van der Waals surface area contributed by atoms with Crippen molar-refractivity contribution in [2.24, 2.45) is 5.92 Å². The van der Waals surface area contributed by atoms with Gasteiger partial charge < -0.3 is 10.4 Å². The molecule has 0 aromatic rings. The monoisotopic (exact) mass is 275 g/mol. The van der Waals surface area contributed by atoms with E-state index in [1.807, 2.05) is 0 Å². The Labute approximate surface area is 112 Å².